The standard InChI is InChI=1S/C17H28N2O2/c1-4-14(5-2)19-12-15(18-3)10-13-6-7-16-17(11-13)21-9-8-20-16/h6-7,11,14-15,18-19H,4-5,8-10,12H2,1-3H3. The molecule has 0 bridgehead atoms. The first-order valence-corrected chi connectivity index (χ1v) is 8.06. The first-order chi connectivity index (χ1) is 10.3. The zero-order chi connectivity index (χ0) is 15.1. The predicted molar refractivity (Wildman–Crippen MR) is 86.4 cm³/mol. The molecule has 0 aromatic heterocycles. The molecule has 1 heterocycles. The third-order valence-electron chi connectivity index (χ3n) is 4.14. The Hall–Kier alpha value is -1.26. The van der Waals surface area contributed by atoms with Crippen LogP contribution in [0.25, 0.3) is 0 Å². The second-order valence-corrected chi connectivity index (χ2v) is 5.59. The number of rotatable bonds is 8. The largest absolute Gasteiger partial charge is 0.486 e. The van der Waals surface area contributed by atoms with E-state index < -0.39 is 0 Å². The summed E-state index contributed by atoms with van der Waals surface area (Å²) in [5, 5.41) is 7.03. The van der Waals surface area contributed by atoms with Gasteiger partial charge in [-0.05, 0) is 44.0 Å². The second kappa shape index (κ2) is 8.25. The Morgan fingerprint density at radius 3 is 2.43 bits per heavy atom. The lowest BCUT2D eigenvalue weighted by Gasteiger charge is -2.23. The summed E-state index contributed by atoms with van der Waals surface area (Å²) in [6.45, 7) is 6.73. The summed E-state index contributed by atoms with van der Waals surface area (Å²) in [5.74, 6) is 1.74. The zero-order valence-electron chi connectivity index (χ0n) is 13.4. The minimum Gasteiger partial charge on any atom is -0.486 e. The van der Waals surface area contributed by atoms with Crippen LogP contribution < -0.4 is 20.1 Å². The summed E-state index contributed by atoms with van der Waals surface area (Å²) in [4.78, 5) is 0. The molecule has 0 amide bonds. The zero-order valence-corrected chi connectivity index (χ0v) is 13.4. The minimum atomic E-state index is 0.424. The summed E-state index contributed by atoms with van der Waals surface area (Å²) in [6.07, 6.45) is 3.34. The molecule has 1 aromatic carbocycles. The molecule has 2 N–H and O–H groups in total. The van der Waals surface area contributed by atoms with Gasteiger partial charge in [0.25, 0.3) is 0 Å². The van der Waals surface area contributed by atoms with E-state index in [4.69, 9.17) is 9.47 Å². The molecule has 2 rings (SSSR count). The topological polar surface area (TPSA) is 42.5 Å². The summed E-state index contributed by atoms with van der Waals surface area (Å²) in [7, 11) is 2.03. The van der Waals surface area contributed by atoms with Crippen LogP contribution in [0.1, 0.15) is 32.3 Å². The van der Waals surface area contributed by atoms with Crippen LogP contribution in [0.3, 0.4) is 0 Å². The molecule has 0 spiro atoms. The number of fused-ring (bicyclic) bond motifs is 1. The van der Waals surface area contributed by atoms with Gasteiger partial charge in [-0.25, -0.2) is 0 Å². The van der Waals surface area contributed by atoms with Gasteiger partial charge in [0.2, 0.25) is 0 Å². The van der Waals surface area contributed by atoms with Crippen molar-refractivity contribution in [3.63, 3.8) is 0 Å². The first-order valence-electron chi connectivity index (χ1n) is 8.06. The Kier molecular flexibility index (Phi) is 6.33. The van der Waals surface area contributed by atoms with Gasteiger partial charge in [0.15, 0.2) is 11.5 Å². The summed E-state index contributed by atoms with van der Waals surface area (Å²) in [6, 6.07) is 7.30. The van der Waals surface area contributed by atoms with Crippen LogP contribution in [0.4, 0.5) is 0 Å². The molecular formula is C17H28N2O2. The fourth-order valence-electron chi connectivity index (χ4n) is 2.66. The van der Waals surface area contributed by atoms with E-state index in [0.29, 0.717) is 25.3 Å². The van der Waals surface area contributed by atoms with E-state index in [0.717, 1.165) is 24.5 Å². The molecule has 0 saturated carbocycles. The van der Waals surface area contributed by atoms with Crippen LogP contribution in [0.2, 0.25) is 0 Å². The average molecular weight is 292 g/mol. The number of hydrogen-bond donors (Lipinski definition) is 2. The molecule has 1 atom stereocenters. The SMILES string of the molecule is CCC(CC)NCC(Cc1ccc2c(c1)OCCO2)NC. The number of nitrogens with one attached hydrogen (secondary N) is 2. The molecule has 1 unspecified atom stereocenters. The van der Waals surface area contributed by atoms with Crippen molar-refractivity contribution in [2.75, 3.05) is 26.8 Å². The first kappa shape index (κ1) is 16.1. The van der Waals surface area contributed by atoms with Gasteiger partial charge in [0.1, 0.15) is 13.2 Å². The molecule has 118 valence electrons. The third kappa shape index (κ3) is 4.61. The van der Waals surface area contributed by atoms with Gasteiger partial charge in [0.05, 0.1) is 0 Å². The summed E-state index contributed by atoms with van der Waals surface area (Å²) >= 11 is 0. The van der Waals surface area contributed by atoms with E-state index in [1.54, 1.807) is 0 Å². The number of ether oxygens (including phenoxy) is 2. The molecule has 4 nitrogen and oxygen atoms in total. The molecule has 0 saturated heterocycles. The molecule has 4 heteroatoms. The predicted octanol–water partition coefficient (Wildman–Crippen LogP) is 2.37. The molecule has 21 heavy (non-hydrogen) atoms. The number of hydrogen-bond acceptors (Lipinski definition) is 4. The van der Waals surface area contributed by atoms with E-state index in [2.05, 4.69) is 36.6 Å². The maximum absolute atomic E-state index is 5.65. The van der Waals surface area contributed by atoms with Crippen LogP contribution in [-0.4, -0.2) is 38.9 Å². The Balaban J connectivity index is 1.92. The van der Waals surface area contributed by atoms with Crippen LogP contribution in [0, 0.1) is 0 Å². The highest BCUT2D eigenvalue weighted by molar-refractivity contribution is 5.44. The van der Waals surface area contributed by atoms with E-state index in [9.17, 15) is 0 Å². The Labute approximate surface area is 128 Å². The minimum absolute atomic E-state index is 0.424. The molecule has 0 fully saturated rings. The van der Waals surface area contributed by atoms with Gasteiger partial charge in [-0.1, -0.05) is 19.9 Å². The Morgan fingerprint density at radius 1 is 1.05 bits per heavy atom. The fourth-order valence-corrected chi connectivity index (χ4v) is 2.66. The molecule has 1 aromatic rings. The fraction of sp³-hybridized carbons (Fsp3) is 0.647. The van der Waals surface area contributed by atoms with Crippen molar-refractivity contribution < 1.29 is 9.47 Å². The second-order valence-electron chi connectivity index (χ2n) is 5.59. The van der Waals surface area contributed by atoms with Crippen molar-refractivity contribution in [3.8, 4) is 11.5 Å². The van der Waals surface area contributed by atoms with E-state index in [-0.39, 0.29) is 0 Å². The van der Waals surface area contributed by atoms with Gasteiger partial charge >= 0.3 is 0 Å². The molecule has 1 aliphatic heterocycles. The van der Waals surface area contributed by atoms with E-state index in [1.807, 2.05) is 13.1 Å². The monoisotopic (exact) mass is 292 g/mol. The van der Waals surface area contributed by atoms with E-state index >= 15 is 0 Å². The highest BCUT2D eigenvalue weighted by Gasteiger charge is 2.14. The van der Waals surface area contributed by atoms with Gasteiger partial charge in [0, 0.05) is 18.6 Å². The van der Waals surface area contributed by atoms with E-state index in [1.165, 1.54) is 18.4 Å². The van der Waals surface area contributed by atoms with Gasteiger partial charge < -0.3 is 20.1 Å². The van der Waals surface area contributed by atoms with Crippen molar-refractivity contribution in [2.24, 2.45) is 0 Å². The van der Waals surface area contributed by atoms with Crippen LogP contribution >= 0.6 is 0 Å². The van der Waals surface area contributed by atoms with Gasteiger partial charge in [-0.3, -0.25) is 0 Å². The smallest absolute Gasteiger partial charge is 0.161 e. The van der Waals surface area contributed by atoms with Crippen molar-refractivity contribution in [3.05, 3.63) is 23.8 Å². The lowest BCUT2D eigenvalue weighted by atomic mass is 10.0. The number of likely N-dealkylation sites (N-methyl/N-ethyl adjacent to an activating group) is 1. The van der Waals surface area contributed by atoms with Crippen molar-refractivity contribution in [1.82, 2.24) is 10.6 Å². The van der Waals surface area contributed by atoms with Crippen LogP contribution in [0.5, 0.6) is 11.5 Å². The Bertz CT molecular complexity index is 433. The van der Waals surface area contributed by atoms with Crippen LogP contribution in [0.15, 0.2) is 18.2 Å². The summed E-state index contributed by atoms with van der Waals surface area (Å²) in [5.41, 5.74) is 1.28. The quantitative estimate of drug-likeness (QED) is 0.772. The highest BCUT2D eigenvalue weighted by Crippen LogP contribution is 2.31. The normalized spacial score (nSPS) is 15.2. The summed E-state index contributed by atoms with van der Waals surface area (Å²) < 4.78 is 11.2. The van der Waals surface area contributed by atoms with Crippen molar-refractivity contribution >= 4 is 0 Å². The lowest BCUT2D eigenvalue weighted by molar-refractivity contribution is 0.171. The van der Waals surface area contributed by atoms with Gasteiger partial charge in [-0.15, -0.1) is 0 Å². The molecule has 0 aliphatic carbocycles. The highest BCUT2D eigenvalue weighted by atomic mass is 16.6. The lowest BCUT2D eigenvalue weighted by Crippen LogP contribution is -2.42. The van der Waals surface area contributed by atoms with Crippen LogP contribution in [-0.2, 0) is 6.42 Å². The average Bonchev–Trinajstić information content (AvgIpc) is 2.54. The molecular weight excluding hydrogens is 264 g/mol. The maximum atomic E-state index is 5.65. The van der Waals surface area contributed by atoms with Gasteiger partial charge in [-0.2, -0.15) is 0 Å². The van der Waals surface area contributed by atoms with Crippen molar-refractivity contribution in [2.45, 2.75) is 45.2 Å². The maximum Gasteiger partial charge on any atom is 0.161 e. The Morgan fingerprint density at radius 2 is 1.76 bits per heavy atom. The number of benzene rings is 1. The van der Waals surface area contributed by atoms with Crippen molar-refractivity contribution in [1.29, 1.82) is 0 Å². The third-order valence-corrected chi connectivity index (χ3v) is 4.14. The molecule has 1 aliphatic rings. The molecule has 0 radical (unpaired) electrons.